The number of nitrogens with zero attached hydrogens (tertiary/aromatic N) is 6. The first-order chi connectivity index (χ1) is 28.3. The lowest BCUT2D eigenvalue weighted by molar-refractivity contribution is -0.0434. The number of aliphatic hydroxyl groups is 2. The summed E-state index contributed by atoms with van der Waals surface area (Å²) in [5.74, 6) is 0.886. The second kappa shape index (κ2) is 16.1. The van der Waals surface area contributed by atoms with Gasteiger partial charge in [-0.15, -0.1) is 0 Å². The molecule has 8 rings (SSSR count). The lowest BCUT2D eigenvalue weighted by Crippen LogP contribution is -2.40. The van der Waals surface area contributed by atoms with Gasteiger partial charge in [-0.25, -0.2) is 23.3 Å². The number of anilines is 3. The van der Waals surface area contributed by atoms with Gasteiger partial charge in [0.25, 0.3) is 0 Å². The van der Waals surface area contributed by atoms with E-state index in [0.717, 1.165) is 11.1 Å². The molecule has 1 unspecified atom stereocenters. The minimum atomic E-state index is -3.89. The van der Waals surface area contributed by atoms with Crippen molar-refractivity contribution in [1.29, 1.82) is 0 Å². The number of phenolic OH excluding ortho intramolecular Hbond substituents is 2. The van der Waals surface area contributed by atoms with Crippen molar-refractivity contribution in [2.24, 2.45) is 5.14 Å². The van der Waals surface area contributed by atoms with Gasteiger partial charge >= 0.3 is 6.03 Å². The van der Waals surface area contributed by atoms with E-state index in [0.29, 0.717) is 66.8 Å². The molecule has 6 aromatic rings. The van der Waals surface area contributed by atoms with Gasteiger partial charge in [-0.2, -0.15) is 9.97 Å². The van der Waals surface area contributed by atoms with Gasteiger partial charge in [0.05, 0.1) is 16.9 Å². The van der Waals surface area contributed by atoms with Crippen LogP contribution in [0.5, 0.6) is 11.5 Å². The zero-order chi connectivity index (χ0) is 41.4. The number of aryl methyl sites for hydroxylation is 1. The Morgan fingerprint density at radius 2 is 1.64 bits per heavy atom. The van der Waals surface area contributed by atoms with E-state index < -0.39 is 40.6 Å². The second-order valence-corrected chi connectivity index (χ2v) is 16.0. The monoisotopic (exact) mass is 826 g/mol. The average molecular weight is 827 g/mol. The summed E-state index contributed by atoms with van der Waals surface area (Å²) in [6, 6.07) is 20.0. The smallest absolute Gasteiger partial charge is 0.319 e. The summed E-state index contributed by atoms with van der Waals surface area (Å²) in [7, 11) is -3.89. The van der Waals surface area contributed by atoms with Crippen LogP contribution in [0.2, 0.25) is 0 Å². The number of fused-ring (bicyclic) bond motifs is 1. The fraction of sp³-hybridized carbons (Fsp3) is 0.308. The van der Waals surface area contributed by atoms with Crippen LogP contribution in [-0.2, 0) is 21.2 Å². The van der Waals surface area contributed by atoms with E-state index in [2.05, 4.69) is 26.1 Å². The maximum atomic E-state index is 13.0. The number of urea groups is 1. The Morgan fingerprint density at radius 3 is 2.27 bits per heavy atom. The third-order valence-corrected chi connectivity index (χ3v) is 11.4. The molecule has 20 heteroatoms. The molecule has 2 aliphatic rings. The molecule has 5 atom stereocenters. The summed E-state index contributed by atoms with van der Waals surface area (Å²) in [6.45, 7) is 3.00. The number of hydrogen-bond donors (Lipinski definition) is 8. The van der Waals surface area contributed by atoms with E-state index in [4.69, 9.17) is 24.4 Å². The summed E-state index contributed by atoms with van der Waals surface area (Å²) in [6.07, 6.45) is -2.28. The molecule has 308 valence electrons. The molecular weight excluding hydrogens is 785 g/mol. The van der Waals surface area contributed by atoms with Crippen LogP contribution in [0, 0.1) is 0 Å². The standard InChI is InChI=1S/C39H42N10O9S/c1-2-23-17-30(58-47-23)34-32(52)33(53)37(57-34)49-20-42-31-35(41-18-29(21-3-9-26(50)10-4-21)22-5-11-27(51)12-6-22)45-38(46-36(31)49)48-16-15-25(19-48)44-39(54)43-24-7-13-28(14-8-24)59(40,55)56/h3-14,17,20,25,29,32-34,37,50-53H,2,15-16,18-19H2,1H3,(H2,40,55,56)(H,41,45,46)(H2,43,44,54)/t25?,32-,33+,34+,37+/m0/s1. The highest BCUT2D eigenvalue weighted by Crippen LogP contribution is 2.41. The first-order valence-electron chi connectivity index (χ1n) is 18.8. The Labute approximate surface area is 337 Å². The Morgan fingerprint density at radius 1 is 0.966 bits per heavy atom. The number of sulfonamides is 1. The zero-order valence-electron chi connectivity index (χ0n) is 31.6. The number of hydrogen-bond acceptors (Lipinski definition) is 15. The van der Waals surface area contributed by atoms with E-state index in [1.54, 1.807) is 30.3 Å². The number of carbonyl (C=O) groups is 1. The lowest BCUT2D eigenvalue weighted by atomic mass is 9.91. The van der Waals surface area contributed by atoms with Gasteiger partial charge in [0.2, 0.25) is 16.0 Å². The SMILES string of the molecule is CCc1cc([C@H]2O[C@@H](n3cnc4c(NCC(c5ccc(O)cc5)c5ccc(O)cc5)nc(N5CCC(NC(=O)Nc6ccc(S(N)(=O)=O)cc6)C5)nc43)[C@H](O)[C@@H]2O)on1. The van der Waals surface area contributed by atoms with Crippen molar-refractivity contribution < 1.29 is 42.9 Å². The van der Waals surface area contributed by atoms with Gasteiger partial charge in [0.15, 0.2) is 29.0 Å². The van der Waals surface area contributed by atoms with Gasteiger partial charge in [-0.3, -0.25) is 4.57 Å². The highest BCUT2D eigenvalue weighted by atomic mass is 32.2. The number of carbonyl (C=O) groups excluding carboxylic acids is 1. The molecule has 9 N–H and O–H groups in total. The topological polar surface area (TPSA) is 276 Å². The molecule has 19 nitrogen and oxygen atoms in total. The van der Waals surface area contributed by atoms with Crippen molar-refractivity contribution in [3.8, 4) is 11.5 Å². The number of aromatic nitrogens is 5. The number of aliphatic hydroxyl groups excluding tert-OH is 2. The minimum Gasteiger partial charge on any atom is -0.508 e. The Balaban J connectivity index is 1.08. The number of phenols is 2. The predicted molar refractivity (Wildman–Crippen MR) is 213 cm³/mol. The molecule has 59 heavy (non-hydrogen) atoms. The number of nitrogens with one attached hydrogen (secondary N) is 3. The quantitative estimate of drug-likeness (QED) is 0.0881. The number of amides is 2. The summed E-state index contributed by atoms with van der Waals surface area (Å²) in [4.78, 5) is 29.2. The minimum absolute atomic E-state index is 0.0799. The first kappa shape index (κ1) is 39.5. The molecular formula is C39H42N10O9S. The molecule has 2 saturated heterocycles. The van der Waals surface area contributed by atoms with Crippen LogP contribution in [0.4, 0.5) is 22.2 Å². The maximum Gasteiger partial charge on any atom is 0.319 e. The van der Waals surface area contributed by atoms with Crippen LogP contribution in [0.3, 0.4) is 0 Å². The Bertz CT molecular complexity index is 2510. The van der Waals surface area contributed by atoms with Crippen molar-refractivity contribution in [3.05, 3.63) is 108 Å². The average Bonchev–Trinajstić information content (AvgIpc) is 4.03. The van der Waals surface area contributed by atoms with Crippen molar-refractivity contribution in [2.75, 3.05) is 35.2 Å². The van der Waals surface area contributed by atoms with E-state index in [-0.39, 0.29) is 34.1 Å². The van der Waals surface area contributed by atoms with Crippen LogP contribution in [0.15, 0.2) is 94.6 Å². The van der Waals surface area contributed by atoms with Gasteiger partial charge in [0, 0.05) is 43.3 Å². The van der Waals surface area contributed by atoms with Gasteiger partial charge in [-0.05, 0) is 72.5 Å². The molecule has 2 aliphatic heterocycles. The van der Waals surface area contributed by atoms with E-state index in [1.165, 1.54) is 35.2 Å². The number of imidazole rings is 1. The molecule has 0 radical (unpaired) electrons. The van der Waals surface area contributed by atoms with Crippen molar-refractivity contribution in [3.63, 3.8) is 0 Å². The molecule has 0 aliphatic carbocycles. The van der Waals surface area contributed by atoms with Crippen LogP contribution in [-0.4, -0.2) is 97.4 Å². The highest BCUT2D eigenvalue weighted by Gasteiger charge is 2.47. The third kappa shape index (κ3) is 8.34. The number of ether oxygens (including phenoxy) is 1. The molecule has 2 amide bonds. The van der Waals surface area contributed by atoms with Crippen LogP contribution in [0.25, 0.3) is 11.2 Å². The second-order valence-electron chi connectivity index (χ2n) is 14.4. The predicted octanol–water partition coefficient (Wildman–Crippen LogP) is 3.07. The molecule has 0 spiro atoms. The number of primary sulfonamides is 1. The first-order valence-corrected chi connectivity index (χ1v) is 20.4. The molecule has 5 heterocycles. The van der Waals surface area contributed by atoms with Crippen molar-refractivity contribution in [1.82, 2.24) is 30.0 Å². The van der Waals surface area contributed by atoms with Crippen LogP contribution in [0.1, 0.15) is 54.2 Å². The number of aromatic hydroxyl groups is 2. The molecule has 0 saturated carbocycles. The molecule has 3 aromatic heterocycles. The zero-order valence-corrected chi connectivity index (χ0v) is 32.4. The van der Waals surface area contributed by atoms with Gasteiger partial charge in [0.1, 0.15) is 29.8 Å². The van der Waals surface area contributed by atoms with Crippen molar-refractivity contribution >= 4 is 44.7 Å². The summed E-state index contributed by atoms with van der Waals surface area (Å²) >= 11 is 0. The largest absolute Gasteiger partial charge is 0.508 e. The Hall–Kier alpha value is -6.32. The van der Waals surface area contributed by atoms with Gasteiger partial charge < -0.3 is 50.5 Å². The number of benzene rings is 3. The fourth-order valence-electron chi connectivity index (χ4n) is 7.29. The van der Waals surface area contributed by atoms with E-state index >= 15 is 0 Å². The van der Waals surface area contributed by atoms with Crippen LogP contribution >= 0.6 is 0 Å². The van der Waals surface area contributed by atoms with E-state index in [9.17, 15) is 33.6 Å². The van der Waals surface area contributed by atoms with Gasteiger partial charge in [-0.1, -0.05) is 36.3 Å². The van der Waals surface area contributed by atoms with Crippen molar-refractivity contribution in [2.45, 2.75) is 61.2 Å². The number of rotatable bonds is 12. The summed E-state index contributed by atoms with van der Waals surface area (Å²) in [5, 5.41) is 60.7. The summed E-state index contributed by atoms with van der Waals surface area (Å²) in [5.41, 5.74) is 3.45. The van der Waals surface area contributed by atoms with Crippen LogP contribution < -0.4 is 26.0 Å². The third-order valence-electron chi connectivity index (χ3n) is 10.5. The molecule has 3 aromatic carbocycles. The van der Waals surface area contributed by atoms with E-state index in [1.807, 2.05) is 36.1 Å². The summed E-state index contributed by atoms with van der Waals surface area (Å²) < 4.78 is 36.4. The maximum absolute atomic E-state index is 13.0. The molecule has 0 bridgehead atoms. The molecule has 2 fully saturated rings. The highest BCUT2D eigenvalue weighted by molar-refractivity contribution is 7.89. The Kier molecular flexibility index (Phi) is 10.8. The fourth-order valence-corrected chi connectivity index (χ4v) is 7.81. The number of nitrogens with two attached hydrogens (primary N) is 1. The normalized spacial score (nSPS) is 20.7. The lowest BCUT2D eigenvalue weighted by Gasteiger charge is -2.22.